The zero-order chi connectivity index (χ0) is 2.00. The summed E-state index contributed by atoms with van der Waals surface area (Å²) in [5.41, 5.74) is 0. The van der Waals surface area contributed by atoms with Crippen molar-refractivity contribution in [3.63, 3.8) is 0 Å². The number of hydrogen-bond donors (Lipinski definition) is 0. The van der Waals surface area contributed by atoms with Gasteiger partial charge in [0, 0.05) is 79.9 Å². The van der Waals surface area contributed by atoms with E-state index < -0.39 is 0 Å². The molecule has 4 heavy (non-hydrogen) atoms. The summed E-state index contributed by atoms with van der Waals surface area (Å²) in [7, 11) is 0. The third kappa shape index (κ3) is 8.82. The van der Waals surface area contributed by atoms with Crippen LogP contribution >= 0.6 is 0 Å². The summed E-state index contributed by atoms with van der Waals surface area (Å²) in [6.45, 7) is 4.00. The molecule has 2 heteroatoms. The molecule has 22 valence electrons. The third-order valence-electron chi connectivity index (χ3n) is 0. The summed E-state index contributed by atoms with van der Waals surface area (Å²) in [5, 5.41) is 0. The van der Waals surface area contributed by atoms with E-state index >= 15 is 0 Å². The van der Waals surface area contributed by atoms with Gasteiger partial charge >= 0.3 is 0 Å². The normalized spacial score (nSPS) is 1.50. The van der Waals surface area contributed by atoms with E-state index in [-0.39, 0.29) is 79.9 Å². The summed E-state index contributed by atoms with van der Waals surface area (Å²) < 4.78 is 0. The molecule has 0 heterocycles. The molecule has 0 N–H and O–H groups in total. The van der Waals surface area contributed by atoms with Crippen LogP contribution < -0.4 is 0 Å². The fourth-order valence-electron chi connectivity index (χ4n) is 0. The molecule has 0 aliphatic rings. The standard InChI is InChI=1S/C2H6.2Th/c1-2;;/h1-2H3;;. The third-order valence-corrected chi connectivity index (χ3v) is 0. The van der Waals surface area contributed by atoms with Crippen LogP contribution in [0.15, 0.2) is 0 Å². The van der Waals surface area contributed by atoms with Gasteiger partial charge in [-0.05, 0) is 0 Å². The molecule has 0 aliphatic carbocycles. The quantitative estimate of drug-likeness (QED) is 0.473. The summed E-state index contributed by atoms with van der Waals surface area (Å²) in [5.74, 6) is 0. The van der Waals surface area contributed by atoms with Crippen LogP contribution in [-0.2, 0) is 0 Å². The van der Waals surface area contributed by atoms with Crippen LogP contribution in [0.3, 0.4) is 0 Å². The molecular weight excluding hydrogens is 488 g/mol. The average molecular weight is 494 g/mol. The van der Waals surface area contributed by atoms with Gasteiger partial charge in [0.05, 0.1) is 0 Å². The Labute approximate surface area is 91.5 Å². The van der Waals surface area contributed by atoms with E-state index in [1.807, 2.05) is 13.8 Å². The molecule has 0 aromatic carbocycles. The minimum Gasteiger partial charge on any atom is -0.0683 e. The van der Waals surface area contributed by atoms with Gasteiger partial charge in [0.2, 0.25) is 0 Å². The molecule has 0 aliphatic heterocycles. The van der Waals surface area contributed by atoms with Gasteiger partial charge in [-0.1, -0.05) is 13.8 Å². The van der Waals surface area contributed by atoms with Crippen LogP contribution in [0.5, 0.6) is 0 Å². The summed E-state index contributed by atoms with van der Waals surface area (Å²) in [4.78, 5) is 0. The van der Waals surface area contributed by atoms with Crippen LogP contribution in [0.1, 0.15) is 13.8 Å². The van der Waals surface area contributed by atoms with E-state index in [0.29, 0.717) is 0 Å². The first-order valence-corrected chi connectivity index (χ1v) is 1.00. The molecule has 0 saturated heterocycles. The minimum absolute atomic E-state index is 0. The Balaban J connectivity index is -0.00000000500. The van der Waals surface area contributed by atoms with Crippen molar-refractivity contribution < 1.29 is 79.9 Å². The van der Waals surface area contributed by atoms with Crippen LogP contribution in [0, 0.1) is 79.9 Å². The van der Waals surface area contributed by atoms with Gasteiger partial charge in [-0.3, -0.25) is 0 Å². The van der Waals surface area contributed by atoms with Crippen molar-refractivity contribution in [1.82, 2.24) is 0 Å². The SMILES string of the molecule is CC.[Th].[Th]. The van der Waals surface area contributed by atoms with Crippen molar-refractivity contribution in [2.75, 3.05) is 0 Å². The molecule has 0 nitrogen and oxygen atoms in total. The Morgan fingerprint density at radius 2 is 0.750 bits per heavy atom. The van der Waals surface area contributed by atoms with Crippen LogP contribution in [0.2, 0.25) is 0 Å². The smallest absolute Gasteiger partial charge is 0 e. The van der Waals surface area contributed by atoms with E-state index in [1.54, 1.807) is 0 Å². The zero-order valence-electron chi connectivity index (χ0n) is 3.00. The van der Waals surface area contributed by atoms with Crippen molar-refractivity contribution in [2.24, 2.45) is 0 Å². The maximum Gasteiger partial charge on any atom is 0 e. The monoisotopic (exact) mass is 494 g/mol. The predicted octanol–water partition coefficient (Wildman–Crippen LogP) is 1.03. The van der Waals surface area contributed by atoms with Crippen molar-refractivity contribution in [2.45, 2.75) is 13.8 Å². The molecule has 0 spiro atoms. The van der Waals surface area contributed by atoms with Gasteiger partial charge in [-0.15, -0.1) is 0 Å². The second kappa shape index (κ2) is 17.4. The summed E-state index contributed by atoms with van der Waals surface area (Å²) >= 11 is 0. The molecule has 0 atom stereocenters. The Kier molecular flexibility index (Phi) is 69.3. The Morgan fingerprint density at radius 1 is 0.750 bits per heavy atom. The summed E-state index contributed by atoms with van der Waals surface area (Å²) in [6.07, 6.45) is 0. The van der Waals surface area contributed by atoms with Crippen molar-refractivity contribution in [3.05, 3.63) is 0 Å². The van der Waals surface area contributed by atoms with E-state index in [2.05, 4.69) is 0 Å². The van der Waals surface area contributed by atoms with E-state index in [0.717, 1.165) is 0 Å². The molecular formula is C2H6Th2. The Bertz CT molecular complexity index is 4.00. The van der Waals surface area contributed by atoms with E-state index in [4.69, 9.17) is 0 Å². The van der Waals surface area contributed by atoms with Gasteiger partial charge in [-0.25, -0.2) is 0 Å². The van der Waals surface area contributed by atoms with Gasteiger partial charge in [0.1, 0.15) is 0 Å². The second-order valence-corrected chi connectivity index (χ2v) is 0. The zero-order valence-corrected chi connectivity index (χ0v) is 11.2. The molecule has 0 aromatic heterocycles. The first-order valence-electron chi connectivity index (χ1n) is 1.00. The predicted molar refractivity (Wildman–Crippen MR) is 11.3 cm³/mol. The second-order valence-electron chi connectivity index (χ2n) is 0. The molecule has 0 aromatic rings. The van der Waals surface area contributed by atoms with Crippen LogP contribution in [0.4, 0.5) is 0 Å². The van der Waals surface area contributed by atoms with Crippen molar-refractivity contribution >= 4 is 0 Å². The molecule has 0 fully saturated rings. The fraction of sp³-hybridized carbons (Fsp3) is 1.00. The largest absolute Gasteiger partial charge is 0.0683 e. The molecule has 0 saturated carbocycles. The van der Waals surface area contributed by atoms with Crippen molar-refractivity contribution in [3.8, 4) is 0 Å². The van der Waals surface area contributed by atoms with Crippen molar-refractivity contribution in [1.29, 1.82) is 0 Å². The first-order chi connectivity index (χ1) is 1.00. The average Bonchev–Trinajstić information content (AvgIpc) is 1.00. The fourth-order valence-corrected chi connectivity index (χ4v) is 0. The number of rotatable bonds is 0. The topological polar surface area (TPSA) is 0 Å². The maximum absolute atomic E-state index is 2.00. The van der Waals surface area contributed by atoms with Gasteiger partial charge < -0.3 is 0 Å². The van der Waals surface area contributed by atoms with E-state index in [1.165, 1.54) is 0 Å². The van der Waals surface area contributed by atoms with Crippen LogP contribution in [-0.4, -0.2) is 0 Å². The molecule has 0 rings (SSSR count). The minimum atomic E-state index is 0. The first kappa shape index (κ1) is 15.9. The maximum atomic E-state index is 2.00. The van der Waals surface area contributed by atoms with Gasteiger partial charge in [-0.2, -0.15) is 0 Å². The van der Waals surface area contributed by atoms with Crippen LogP contribution in [0.25, 0.3) is 0 Å². The molecule has 0 unspecified atom stereocenters. The number of hydrogen-bond acceptors (Lipinski definition) is 0. The molecule has 0 bridgehead atoms. The van der Waals surface area contributed by atoms with Gasteiger partial charge in [0.15, 0.2) is 0 Å². The molecule has 0 amide bonds. The van der Waals surface area contributed by atoms with Gasteiger partial charge in [0.25, 0.3) is 0 Å². The Morgan fingerprint density at radius 3 is 0.750 bits per heavy atom. The summed E-state index contributed by atoms with van der Waals surface area (Å²) in [6, 6.07) is 0. The Hall–Kier alpha value is 2.65. The van der Waals surface area contributed by atoms with E-state index in [9.17, 15) is 0 Å². The molecule has 0 radical (unpaired) electrons.